The molecule has 452 valence electrons. The summed E-state index contributed by atoms with van der Waals surface area (Å²) in [5, 5.41) is 0. The summed E-state index contributed by atoms with van der Waals surface area (Å²) in [4.78, 5) is 38.3. The first-order valence-corrected chi connectivity index (χ1v) is 32.8. The molecule has 0 aliphatic rings. The van der Waals surface area contributed by atoms with E-state index in [1.807, 2.05) is 0 Å². The Kier molecular flexibility index (Phi) is 62.9. The van der Waals surface area contributed by atoms with E-state index in [0.29, 0.717) is 19.3 Å². The van der Waals surface area contributed by atoms with Crippen molar-refractivity contribution in [3.63, 3.8) is 0 Å². The zero-order valence-corrected chi connectivity index (χ0v) is 51.8. The van der Waals surface area contributed by atoms with Gasteiger partial charge in [-0.3, -0.25) is 14.4 Å². The third-order valence-electron chi connectivity index (χ3n) is 13.5. The zero-order chi connectivity index (χ0) is 57.8. The van der Waals surface area contributed by atoms with Gasteiger partial charge in [0.2, 0.25) is 0 Å². The molecule has 1 atom stereocenters. The molecule has 0 saturated heterocycles. The Bertz CT molecular complexity index is 1750. The van der Waals surface area contributed by atoms with E-state index in [1.165, 1.54) is 89.9 Å². The minimum atomic E-state index is -0.795. The van der Waals surface area contributed by atoms with Gasteiger partial charge in [0, 0.05) is 19.3 Å². The zero-order valence-electron chi connectivity index (χ0n) is 51.8. The summed E-state index contributed by atoms with van der Waals surface area (Å²) in [7, 11) is 0. The van der Waals surface area contributed by atoms with Gasteiger partial charge in [0.05, 0.1) is 0 Å². The van der Waals surface area contributed by atoms with Gasteiger partial charge in [-0.1, -0.05) is 276 Å². The number of rotatable bonds is 58. The second kappa shape index (κ2) is 66.8. The van der Waals surface area contributed by atoms with E-state index in [1.54, 1.807) is 0 Å². The van der Waals surface area contributed by atoms with Gasteiger partial charge in [-0.25, -0.2) is 0 Å². The van der Waals surface area contributed by atoms with Crippen LogP contribution in [-0.4, -0.2) is 37.2 Å². The van der Waals surface area contributed by atoms with E-state index < -0.39 is 6.10 Å². The van der Waals surface area contributed by atoms with Gasteiger partial charge in [0.25, 0.3) is 0 Å². The number of unbranched alkanes of at least 4 members (excludes halogenated alkanes) is 23. The van der Waals surface area contributed by atoms with Crippen molar-refractivity contribution in [2.24, 2.45) is 0 Å². The molecule has 0 N–H and O–H groups in total. The molecule has 0 aromatic rings. The molecule has 0 amide bonds. The molecule has 0 heterocycles. The second-order valence-corrected chi connectivity index (χ2v) is 21.3. The van der Waals surface area contributed by atoms with Crippen LogP contribution in [0.2, 0.25) is 0 Å². The fourth-order valence-corrected chi connectivity index (χ4v) is 8.71. The van der Waals surface area contributed by atoms with E-state index in [2.05, 4.69) is 167 Å². The Morgan fingerprint density at radius 2 is 0.487 bits per heavy atom. The van der Waals surface area contributed by atoms with Crippen molar-refractivity contribution >= 4 is 17.9 Å². The van der Waals surface area contributed by atoms with E-state index in [4.69, 9.17) is 14.2 Å². The molecule has 6 nitrogen and oxygen atoms in total. The minimum Gasteiger partial charge on any atom is -0.462 e. The molecule has 0 bridgehead atoms. The Balaban J connectivity index is 4.30. The van der Waals surface area contributed by atoms with Crippen molar-refractivity contribution in [2.45, 2.75) is 290 Å². The summed E-state index contributed by atoms with van der Waals surface area (Å²) in [5.74, 6) is -0.917. The summed E-state index contributed by atoms with van der Waals surface area (Å²) in [6.45, 7) is 6.34. The average Bonchev–Trinajstić information content (AvgIpc) is 3.46. The molecule has 0 aromatic carbocycles. The average molecular weight is 1110 g/mol. The molecule has 80 heavy (non-hydrogen) atoms. The highest BCUT2D eigenvalue weighted by molar-refractivity contribution is 5.71. The molecule has 1 unspecified atom stereocenters. The molecule has 0 aliphatic carbocycles. The highest BCUT2D eigenvalue weighted by Gasteiger charge is 2.19. The standard InChI is InChI=1S/C74H120O6/c1-4-7-10-13-16-19-22-24-26-28-30-32-34-35-36-37-38-39-41-42-44-46-48-50-52-55-58-61-64-67-73(76)79-70-71(69-78-72(75)66-63-60-57-54-21-18-15-12-9-6-3)80-74(77)68-65-62-59-56-53-51-49-47-45-43-40-33-31-29-27-25-23-20-17-14-11-8-5-2/h7-8,10-12,15-17,19-20,24-27,30-33,35-36,38-39,42,44,71H,4-6,9,13-14,18,21-23,28-29,34,37,40-41,43,45-70H2,1-3H3/b10-7-,11-8-,15-12-,19-16-,20-17-,26-24-,27-25-,32-30-,33-31-,36-35-,39-38-,44-42-. The number of allylic oxidation sites excluding steroid dienone is 24. The molecule has 6 heteroatoms. The lowest BCUT2D eigenvalue weighted by atomic mass is 10.0. The maximum absolute atomic E-state index is 12.9. The molecule has 0 radical (unpaired) electrons. The van der Waals surface area contributed by atoms with Gasteiger partial charge in [0.1, 0.15) is 13.2 Å². The third-order valence-corrected chi connectivity index (χ3v) is 13.5. The molecule has 0 aromatic heterocycles. The first-order chi connectivity index (χ1) is 39.5. The SMILES string of the molecule is CC/C=C\C/C=C\C/C=C\C/C=C\C/C=C\C/C=C\C/C=C\CCCCCCCCCC(=O)OCC(COC(=O)CCCCCCC/C=C\CCC)OC(=O)CCCCCCCCCCCC/C=C\C/C=C\C/C=C\C/C=C\CC. The monoisotopic (exact) mass is 1100 g/mol. The lowest BCUT2D eigenvalue weighted by Crippen LogP contribution is -2.30. The Morgan fingerprint density at radius 3 is 0.775 bits per heavy atom. The van der Waals surface area contributed by atoms with Gasteiger partial charge in [-0.05, 0) is 135 Å². The highest BCUT2D eigenvalue weighted by atomic mass is 16.6. The number of ether oxygens (including phenoxy) is 3. The number of hydrogen-bond donors (Lipinski definition) is 0. The largest absolute Gasteiger partial charge is 0.462 e. The number of hydrogen-bond acceptors (Lipinski definition) is 6. The van der Waals surface area contributed by atoms with Crippen LogP contribution in [0.25, 0.3) is 0 Å². The van der Waals surface area contributed by atoms with E-state index in [0.717, 1.165) is 154 Å². The van der Waals surface area contributed by atoms with Gasteiger partial charge in [-0.15, -0.1) is 0 Å². The van der Waals surface area contributed by atoms with Crippen LogP contribution in [0.15, 0.2) is 146 Å². The first-order valence-electron chi connectivity index (χ1n) is 32.8. The lowest BCUT2D eigenvalue weighted by Gasteiger charge is -2.18. The first kappa shape index (κ1) is 75.3. The fraction of sp³-hybridized carbons (Fsp3) is 0.635. The van der Waals surface area contributed by atoms with Crippen LogP contribution >= 0.6 is 0 Å². The number of esters is 3. The molecule has 0 spiro atoms. The summed E-state index contributed by atoms with van der Waals surface area (Å²) >= 11 is 0. The molecule has 0 aliphatic heterocycles. The normalized spacial score (nSPS) is 13.1. The van der Waals surface area contributed by atoms with Gasteiger partial charge < -0.3 is 14.2 Å². The van der Waals surface area contributed by atoms with E-state index in [-0.39, 0.29) is 31.1 Å². The predicted molar refractivity (Wildman–Crippen MR) is 348 cm³/mol. The minimum absolute atomic E-state index is 0.0916. The van der Waals surface area contributed by atoms with Crippen molar-refractivity contribution in [3.05, 3.63) is 146 Å². The molecular formula is C74H120O6. The summed E-state index contributed by atoms with van der Waals surface area (Å²) in [6, 6.07) is 0. The van der Waals surface area contributed by atoms with Gasteiger partial charge >= 0.3 is 17.9 Å². The molecular weight excluding hydrogens is 985 g/mol. The summed E-state index contributed by atoms with van der Waals surface area (Å²) < 4.78 is 16.9. The van der Waals surface area contributed by atoms with Crippen LogP contribution < -0.4 is 0 Å². The second-order valence-electron chi connectivity index (χ2n) is 21.3. The van der Waals surface area contributed by atoms with Crippen LogP contribution in [0.1, 0.15) is 284 Å². The maximum Gasteiger partial charge on any atom is 0.306 e. The topological polar surface area (TPSA) is 78.9 Å². The summed E-state index contributed by atoms with van der Waals surface area (Å²) in [5.41, 5.74) is 0. The molecule has 0 rings (SSSR count). The number of carbonyl (C=O) groups excluding carboxylic acids is 3. The van der Waals surface area contributed by atoms with Crippen molar-refractivity contribution in [1.29, 1.82) is 0 Å². The lowest BCUT2D eigenvalue weighted by molar-refractivity contribution is -0.167. The van der Waals surface area contributed by atoms with Crippen molar-refractivity contribution < 1.29 is 28.6 Å². The van der Waals surface area contributed by atoms with Crippen LogP contribution in [0.4, 0.5) is 0 Å². The number of carbonyl (C=O) groups is 3. The van der Waals surface area contributed by atoms with Crippen LogP contribution in [0, 0.1) is 0 Å². The fourth-order valence-electron chi connectivity index (χ4n) is 8.71. The smallest absolute Gasteiger partial charge is 0.306 e. The Labute approximate surface area is 493 Å². The van der Waals surface area contributed by atoms with Gasteiger partial charge in [-0.2, -0.15) is 0 Å². The third kappa shape index (κ3) is 64.1. The van der Waals surface area contributed by atoms with Crippen molar-refractivity contribution in [3.8, 4) is 0 Å². The summed E-state index contributed by atoms with van der Waals surface area (Å²) in [6.07, 6.45) is 95.8. The van der Waals surface area contributed by atoms with E-state index in [9.17, 15) is 14.4 Å². The maximum atomic E-state index is 12.9. The molecule has 0 saturated carbocycles. The van der Waals surface area contributed by atoms with Crippen LogP contribution in [-0.2, 0) is 28.6 Å². The van der Waals surface area contributed by atoms with Crippen molar-refractivity contribution in [1.82, 2.24) is 0 Å². The van der Waals surface area contributed by atoms with Gasteiger partial charge in [0.15, 0.2) is 6.10 Å². The predicted octanol–water partition coefficient (Wildman–Crippen LogP) is 22.7. The van der Waals surface area contributed by atoms with Crippen LogP contribution in [0.3, 0.4) is 0 Å². The Morgan fingerprint density at radius 1 is 0.263 bits per heavy atom. The van der Waals surface area contributed by atoms with Crippen molar-refractivity contribution in [2.75, 3.05) is 13.2 Å². The Hall–Kier alpha value is -4.71. The van der Waals surface area contributed by atoms with E-state index >= 15 is 0 Å². The quantitative estimate of drug-likeness (QED) is 0.0261. The highest BCUT2D eigenvalue weighted by Crippen LogP contribution is 2.15. The molecule has 0 fully saturated rings. The van der Waals surface area contributed by atoms with Crippen LogP contribution in [0.5, 0.6) is 0 Å².